The van der Waals surface area contributed by atoms with E-state index in [2.05, 4.69) is 27.2 Å². The zero-order valence-electron chi connectivity index (χ0n) is 16.4. The van der Waals surface area contributed by atoms with Gasteiger partial charge in [-0.2, -0.15) is 0 Å². The second-order valence-electron chi connectivity index (χ2n) is 7.59. The van der Waals surface area contributed by atoms with Gasteiger partial charge in [0.25, 0.3) is 0 Å². The molecule has 4 rings (SSSR count). The van der Waals surface area contributed by atoms with E-state index in [0.717, 1.165) is 25.1 Å². The van der Waals surface area contributed by atoms with Crippen molar-refractivity contribution in [1.29, 1.82) is 0 Å². The number of halogens is 1. The molecule has 1 aliphatic heterocycles. The van der Waals surface area contributed by atoms with Gasteiger partial charge >= 0.3 is 5.69 Å². The number of nitrogens with zero attached hydrogens (tertiary/aromatic N) is 5. The van der Waals surface area contributed by atoms with Gasteiger partial charge in [0.15, 0.2) is 5.82 Å². The van der Waals surface area contributed by atoms with Crippen molar-refractivity contribution >= 4 is 34.7 Å². The summed E-state index contributed by atoms with van der Waals surface area (Å²) in [5.74, 6) is 0.897. The Morgan fingerprint density at radius 1 is 1.38 bits per heavy atom. The molecule has 0 bridgehead atoms. The number of fused-ring (bicyclic) bond motifs is 1. The molecule has 152 valence electrons. The van der Waals surface area contributed by atoms with E-state index in [4.69, 9.17) is 11.6 Å². The monoisotopic (exact) mass is 414 g/mol. The Morgan fingerprint density at radius 2 is 2.21 bits per heavy atom. The lowest BCUT2D eigenvalue weighted by Gasteiger charge is -2.31. The highest BCUT2D eigenvalue weighted by Gasteiger charge is 2.22. The second-order valence-corrected chi connectivity index (χ2v) is 8.02. The molecule has 1 N–H and O–H groups in total. The van der Waals surface area contributed by atoms with Crippen molar-refractivity contribution in [1.82, 2.24) is 19.2 Å². The average molecular weight is 415 g/mol. The Balaban J connectivity index is 1.60. The zero-order valence-corrected chi connectivity index (χ0v) is 17.2. The molecule has 0 unspecified atom stereocenters. The van der Waals surface area contributed by atoms with E-state index in [0.29, 0.717) is 28.1 Å². The number of hydrogen-bond donors (Lipinski definition) is 1. The highest BCUT2D eigenvalue weighted by Crippen LogP contribution is 2.23. The number of piperidine rings is 1. The Bertz CT molecular complexity index is 1120. The van der Waals surface area contributed by atoms with E-state index in [1.807, 2.05) is 13.0 Å². The standard InChI is InChI=1S/C20H23ClN6O2/c1-13-4-3-8-25(11-13)18-19-24-27(20(29)26(19)9-7-22-18)12-17(28)23-16-10-15(21)6-5-14(16)2/h5-7,9-10,13H,3-4,8,11-12H2,1-2H3,(H,23,28)/t13-/m0/s1. The van der Waals surface area contributed by atoms with Crippen LogP contribution >= 0.6 is 11.6 Å². The molecule has 0 saturated carbocycles. The number of anilines is 2. The van der Waals surface area contributed by atoms with E-state index >= 15 is 0 Å². The van der Waals surface area contributed by atoms with Crippen molar-refractivity contribution in [3.63, 3.8) is 0 Å². The van der Waals surface area contributed by atoms with Crippen LogP contribution in [0, 0.1) is 12.8 Å². The van der Waals surface area contributed by atoms with Crippen LogP contribution in [0.25, 0.3) is 5.65 Å². The van der Waals surface area contributed by atoms with Gasteiger partial charge in [-0.05, 0) is 43.4 Å². The third-order valence-electron chi connectivity index (χ3n) is 5.21. The van der Waals surface area contributed by atoms with E-state index in [1.165, 1.54) is 15.5 Å². The van der Waals surface area contributed by atoms with Crippen LogP contribution in [0.2, 0.25) is 5.02 Å². The zero-order chi connectivity index (χ0) is 20.5. The van der Waals surface area contributed by atoms with Gasteiger partial charge in [0.1, 0.15) is 6.54 Å². The molecule has 9 heteroatoms. The van der Waals surface area contributed by atoms with Crippen molar-refractivity contribution in [3.05, 3.63) is 51.7 Å². The largest absolute Gasteiger partial charge is 0.353 e. The number of nitrogens with one attached hydrogen (secondary N) is 1. The average Bonchev–Trinajstić information content (AvgIpc) is 3.00. The maximum atomic E-state index is 12.8. The Labute approximate surface area is 173 Å². The molecule has 3 heterocycles. The van der Waals surface area contributed by atoms with Gasteiger partial charge < -0.3 is 10.2 Å². The third-order valence-corrected chi connectivity index (χ3v) is 5.44. The summed E-state index contributed by atoms with van der Waals surface area (Å²) < 4.78 is 2.61. The lowest BCUT2D eigenvalue weighted by molar-refractivity contribution is -0.117. The Hall–Kier alpha value is -2.87. The first-order valence-electron chi connectivity index (χ1n) is 9.67. The van der Waals surface area contributed by atoms with Gasteiger partial charge in [-0.25, -0.2) is 18.9 Å². The molecule has 29 heavy (non-hydrogen) atoms. The molecule has 1 aliphatic rings. The fraction of sp³-hybridized carbons (Fsp3) is 0.400. The van der Waals surface area contributed by atoms with Crippen molar-refractivity contribution in [2.75, 3.05) is 23.3 Å². The molecule has 1 fully saturated rings. The smallest absolute Gasteiger partial charge is 0.350 e. The van der Waals surface area contributed by atoms with E-state index in [1.54, 1.807) is 24.5 Å². The minimum atomic E-state index is -0.369. The van der Waals surface area contributed by atoms with Crippen molar-refractivity contribution in [2.45, 2.75) is 33.2 Å². The molecule has 1 atom stereocenters. The van der Waals surface area contributed by atoms with Crippen molar-refractivity contribution < 1.29 is 4.79 Å². The normalized spacial score (nSPS) is 16.9. The summed E-state index contributed by atoms with van der Waals surface area (Å²) in [6.45, 7) is 5.65. The van der Waals surface area contributed by atoms with Crippen LogP contribution in [0.1, 0.15) is 25.3 Å². The van der Waals surface area contributed by atoms with Gasteiger partial charge in [-0.3, -0.25) is 4.79 Å². The van der Waals surface area contributed by atoms with Crippen LogP contribution in [0.15, 0.2) is 35.4 Å². The maximum absolute atomic E-state index is 12.8. The fourth-order valence-corrected chi connectivity index (χ4v) is 3.87. The van der Waals surface area contributed by atoms with Crippen LogP contribution in [0.4, 0.5) is 11.5 Å². The topological polar surface area (TPSA) is 84.5 Å². The van der Waals surface area contributed by atoms with Crippen LogP contribution in [0.3, 0.4) is 0 Å². The number of aromatic nitrogens is 4. The number of hydrogen-bond acceptors (Lipinski definition) is 5. The first-order valence-corrected chi connectivity index (χ1v) is 10.1. The quantitative estimate of drug-likeness (QED) is 0.709. The minimum Gasteiger partial charge on any atom is -0.353 e. The van der Waals surface area contributed by atoms with Gasteiger partial charge in [0, 0.05) is 36.2 Å². The molecule has 2 aromatic heterocycles. The highest BCUT2D eigenvalue weighted by atomic mass is 35.5. The first-order chi connectivity index (χ1) is 13.9. The molecule has 1 saturated heterocycles. The number of rotatable bonds is 4. The van der Waals surface area contributed by atoms with Gasteiger partial charge in [-0.1, -0.05) is 24.6 Å². The van der Waals surface area contributed by atoms with Gasteiger partial charge in [0.2, 0.25) is 11.6 Å². The SMILES string of the molecule is Cc1ccc(Cl)cc1NC(=O)Cn1nc2c(N3CCC[C@H](C)C3)nccn2c1=O. The number of carbonyl (C=O) groups excluding carboxylic acids is 1. The molecule has 1 aromatic carbocycles. The molecule has 0 spiro atoms. The molecular formula is C20H23ClN6O2. The van der Waals surface area contributed by atoms with Crippen LogP contribution in [0.5, 0.6) is 0 Å². The van der Waals surface area contributed by atoms with E-state index in [9.17, 15) is 9.59 Å². The van der Waals surface area contributed by atoms with Crippen LogP contribution in [-0.4, -0.2) is 38.2 Å². The van der Waals surface area contributed by atoms with Crippen molar-refractivity contribution in [3.8, 4) is 0 Å². The van der Waals surface area contributed by atoms with Crippen LogP contribution < -0.4 is 15.9 Å². The summed E-state index contributed by atoms with van der Waals surface area (Å²) >= 11 is 6.01. The predicted molar refractivity (Wildman–Crippen MR) is 113 cm³/mol. The maximum Gasteiger partial charge on any atom is 0.350 e. The Kier molecular flexibility index (Phi) is 5.27. The second kappa shape index (κ2) is 7.87. The molecule has 1 amide bonds. The van der Waals surface area contributed by atoms with Crippen molar-refractivity contribution in [2.24, 2.45) is 5.92 Å². The number of amides is 1. The highest BCUT2D eigenvalue weighted by molar-refractivity contribution is 6.31. The molecular weight excluding hydrogens is 392 g/mol. The number of aryl methyl sites for hydroxylation is 1. The summed E-state index contributed by atoms with van der Waals surface area (Å²) in [6.07, 6.45) is 5.45. The summed E-state index contributed by atoms with van der Waals surface area (Å²) in [6, 6.07) is 5.27. The minimum absolute atomic E-state index is 0.192. The molecule has 3 aromatic rings. The molecule has 0 aliphatic carbocycles. The summed E-state index contributed by atoms with van der Waals surface area (Å²) in [4.78, 5) is 31.9. The molecule has 0 radical (unpaired) electrons. The van der Waals surface area contributed by atoms with Gasteiger partial charge in [-0.15, -0.1) is 5.10 Å². The number of carbonyl (C=O) groups is 1. The third kappa shape index (κ3) is 3.98. The summed E-state index contributed by atoms with van der Waals surface area (Å²) in [5, 5.41) is 7.74. The van der Waals surface area contributed by atoms with E-state index < -0.39 is 0 Å². The lowest BCUT2D eigenvalue weighted by atomic mass is 10.0. The van der Waals surface area contributed by atoms with Gasteiger partial charge in [0.05, 0.1) is 0 Å². The summed E-state index contributed by atoms with van der Waals surface area (Å²) in [7, 11) is 0. The number of benzene rings is 1. The summed E-state index contributed by atoms with van der Waals surface area (Å²) in [5.41, 5.74) is 1.60. The van der Waals surface area contributed by atoms with E-state index in [-0.39, 0.29) is 18.1 Å². The van der Waals surface area contributed by atoms with Crippen LogP contribution in [-0.2, 0) is 11.3 Å². The Morgan fingerprint density at radius 3 is 3.00 bits per heavy atom. The lowest BCUT2D eigenvalue weighted by Crippen LogP contribution is -2.35. The molecule has 8 nitrogen and oxygen atoms in total. The fourth-order valence-electron chi connectivity index (χ4n) is 3.70. The first kappa shape index (κ1) is 19.4. The predicted octanol–water partition coefficient (Wildman–Crippen LogP) is 2.73.